The van der Waals surface area contributed by atoms with Crippen LogP contribution in [0.25, 0.3) is 0 Å². The lowest BCUT2D eigenvalue weighted by Crippen LogP contribution is -2.49. The maximum Gasteiger partial charge on any atom is 0.267 e. The number of sulfonamides is 1. The maximum absolute atomic E-state index is 13.3. The van der Waals surface area contributed by atoms with E-state index in [0.717, 1.165) is 0 Å². The third kappa shape index (κ3) is 4.86. The molecule has 166 valence electrons. The van der Waals surface area contributed by atoms with Crippen LogP contribution in [0.3, 0.4) is 0 Å². The third-order valence-corrected chi connectivity index (χ3v) is 6.70. The highest BCUT2D eigenvalue weighted by Gasteiger charge is 2.36. The molecule has 4 rings (SSSR count). The molecule has 0 saturated heterocycles. The number of fused-ring (bicyclic) bond motifs is 1. The molecule has 1 N–H and O–H groups in total. The molecule has 32 heavy (non-hydrogen) atoms. The molecule has 1 aliphatic heterocycles. The summed E-state index contributed by atoms with van der Waals surface area (Å²) >= 11 is 0. The minimum absolute atomic E-state index is 0.116. The number of nitrogens with one attached hydrogen (secondary N) is 1. The first-order valence-electron chi connectivity index (χ1n) is 10.3. The summed E-state index contributed by atoms with van der Waals surface area (Å²) in [7, 11) is -3.74. The van der Waals surface area contributed by atoms with Crippen molar-refractivity contribution in [1.82, 2.24) is 0 Å². The van der Waals surface area contributed by atoms with E-state index in [-0.39, 0.29) is 12.3 Å². The highest BCUT2D eigenvalue weighted by atomic mass is 32.2. The van der Waals surface area contributed by atoms with Gasteiger partial charge in [0.1, 0.15) is 11.5 Å². The summed E-state index contributed by atoms with van der Waals surface area (Å²) in [5.74, 6) is 0.451. The van der Waals surface area contributed by atoms with Crippen LogP contribution in [0.5, 0.6) is 11.5 Å². The Hall–Kier alpha value is -3.52. The van der Waals surface area contributed by atoms with Crippen LogP contribution < -0.4 is 19.1 Å². The van der Waals surface area contributed by atoms with Gasteiger partial charge in [-0.15, -0.1) is 0 Å². The van der Waals surface area contributed by atoms with Gasteiger partial charge in [0, 0.05) is 5.69 Å². The Morgan fingerprint density at radius 3 is 2.44 bits per heavy atom. The molecule has 0 fully saturated rings. The number of rotatable bonds is 7. The number of ether oxygens (including phenoxy) is 2. The van der Waals surface area contributed by atoms with Crippen molar-refractivity contribution in [1.29, 1.82) is 0 Å². The van der Waals surface area contributed by atoms with Crippen molar-refractivity contribution < 1.29 is 22.7 Å². The summed E-state index contributed by atoms with van der Waals surface area (Å²) in [6.07, 6.45) is -0.998. The second-order valence-electron chi connectivity index (χ2n) is 7.29. The number of amides is 1. The van der Waals surface area contributed by atoms with Gasteiger partial charge in [-0.3, -0.25) is 9.10 Å². The maximum atomic E-state index is 13.3. The quantitative estimate of drug-likeness (QED) is 0.589. The van der Waals surface area contributed by atoms with Crippen LogP contribution in [0.1, 0.15) is 12.5 Å². The zero-order chi connectivity index (χ0) is 22.6. The first kappa shape index (κ1) is 21.7. The van der Waals surface area contributed by atoms with Crippen LogP contribution in [0.15, 0.2) is 78.9 Å². The molecule has 3 aromatic carbocycles. The van der Waals surface area contributed by atoms with Gasteiger partial charge >= 0.3 is 0 Å². The number of hydrogen-bond donors (Lipinski definition) is 1. The van der Waals surface area contributed by atoms with Crippen molar-refractivity contribution >= 4 is 27.3 Å². The van der Waals surface area contributed by atoms with E-state index in [1.165, 1.54) is 4.31 Å². The van der Waals surface area contributed by atoms with Crippen molar-refractivity contribution in [3.8, 4) is 11.5 Å². The molecule has 1 atom stereocenters. The number of carbonyl (C=O) groups excluding carboxylic acids is 1. The van der Waals surface area contributed by atoms with Crippen molar-refractivity contribution in [2.45, 2.75) is 18.8 Å². The first-order valence-corrected chi connectivity index (χ1v) is 11.9. The lowest BCUT2D eigenvalue weighted by Gasteiger charge is -2.34. The van der Waals surface area contributed by atoms with Crippen molar-refractivity contribution in [3.05, 3.63) is 84.4 Å². The molecule has 3 aromatic rings. The first-order chi connectivity index (χ1) is 15.5. The van der Waals surface area contributed by atoms with E-state index in [4.69, 9.17) is 9.47 Å². The molecular formula is C24H24N2O5S. The van der Waals surface area contributed by atoms with E-state index in [0.29, 0.717) is 35.0 Å². The zero-order valence-corrected chi connectivity index (χ0v) is 18.4. The number of benzene rings is 3. The molecule has 0 aliphatic carbocycles. The number of para-hydroxylation sites is 2. The summed E-state index contributed by atoms with van der Waals surface area (Å²) < 4.78 is 39.1. The minimum atomic E-state index is -3.74. The van der Waals surface area contributed by atoms with Gasteiger partial charge in [-0.2, -0.15) is 0 Å². The molecule has 0 bridgehead atoms. The highest BCUT2D eigenvalue weighted by Crippen LogP contribution is 2.36. The second-order valence-corrected chi connectivity index (χ2v) is 9.19. The SMILES string of the molecule is CCOc1ccc(NC(=O)[C@H]2CN(S(=O)(=O)Cc3ccccc3)c3ccccc3O2)cc1. The summed E-state index contributed by atoms with van der Waals surface area (Å²) in [6.45, 7) is 2.33. The topological polar surface area (TPSA) is 84.9 Å². The normalized spacial score (nSPS) is 15.4. The average Bonchev–Trinajstić information content (AvgIpc) is 2.80. The fourth-order valence-electron chi connectivity index (χ4n) is 3.49. The molecule has 0 saturated carbocycles. The fourth-order valence-corrected chi connectivity index (χ4v) is 5.07. The van der Waals surface area contributed by atoms with Gasteiger partial charge in [-0.25, -0.2) is 8.42 Å². The summed E-state index contributed by atoms with van der Waals surface area (Å²) in [5.41, 5.74) is 1.67. The fraction of sp³-hybridized carbons (Fsp3) is 0.208. The predicted octanol–water partition coefficient (Wildman–Crippen LogP) is 3.82. The van der Waals surface area contributed by atoms with Crippen LogP contribution in [-0.4, -0.2) is 33.6 Å². The standard InChI is InChI=1S/C24H24N2O5S/c1-2-30-20-14-12-19(13-15-20)25-24(27)23-16-26(21-10-6-7-11-22(21)31-23)32(28,29)17-18-8-4-3-5-9-18/h3-15,23H,2,16-17H2,1H3,(H,25,27)/t23-/m1/s1. The van der Waals surface area contributed by atoms with Gasteiger partial charge < -0.3 is 14.8 Å². The van der Waals surface area contributed by atoms with Crippen molar-refractivity contribution in [3.63, 3.8) is 0 Å². The van der Waals surface area contributed by atoms with E-state index in [2.05, 4.69) is 5.32 Å². The average molecular weight is 453 g/mol. The Morgan fingerprint density at radius 2 is 1.72 bits per heavy atom. The molecule has 1 heterocycles. The molecule has 1 aliphatic rings. The van der Waals surface area contributed by atoms with Crippen LogP contribution >= 0.6 is 0 Å². The molecule has 8 heteroatoms. The van der Waals surface area contributed by atoms with Crippen LogP contribution in [0, 0.1) is 0 Å². The Labute approximate surface area is 187 Å². The Morgan fingerprint density at radius 1 is 1.03 bits per heavy atom. The minimum Gasteiger partial charge on any atom is -0.494 e. The number of anilines is 2. The monoisotopic (exact) mass is 452 g/mol. The third-order valence-electron chi connectivity index (χ3n) is 4.99. The number of carbonyl (C=O) groups is 1. The van der Waals surface area contributed by atoms with E-state index in [1.807, 2.05) is 13.0 Å². The van der Waals surface area contributed by atoms with E-state index in [1.54, 1.807) is 72.8 Å². The van der Waals surface area contributed by atoms with Gasteiger partial charge in [-0.1, -0.05) is 42.5 Å². The Bertz CT molecular complexity index is 1180. The molecule has 0 unspecified atom stereocenters. The smallest absolute Gasteiger partial charge is 0.267 e. The van der Waals surface area contributed by atoms with Gasteiger partial charge in [0.15, 0.2) is 6.10 Å². The lowest BCUT2D eigenvalue weighted by atomic mass is 10.2. The summed E-state index contributed by atoms with van der Waals surface area (Å²) in [4.78, 5) is 12.9. The number of nitrogens with zero attached hydrogens (tertiary/aromatic N) is 1. The molecule has 7 nitrogen and oxygen atoms in total. The molecular weight excluding hydrogens is 428 g/mol. The largest absolute Gasteiger partial charge is 0.494 e. The van der Waals surface area contributed by atoms with Gasteiger partial charge in [0.05, 0.1) is 24.6 Å². The Balaban J connectivity index is 1.55. The van der Waals surface area contributed by atoms with Crippen molar-refractivity contribution in [2.24, 2.45) is 0 Å². The van der Waals surface area contributed by atoms with Crippen molar-refractivity contribution in [2.75, 3.05) is 22.8 Å². The predicted molar refractivity (Wildman–Crippen MR) is 124 cm³/mol. The molecule has 0 spiro atoms. The van der Waals surface area contributed by atoms with E-state index >= 15 is 0 Å². The van der Waals surface area contributed by atoms with Gasteiger partial charge in [-0.05, 0) is 48.9 Å². The molecule has 1 amide bonds. The van der Waals surface area contributed by atoms with Crippen LogP contribution in [0.4, 0.5) is 11.4 Å². The van der Waals surface area contributed by atoms with Gasteiger partial charge in [0.2, 0.25) is 10.0 Å². The van der Waals surface area contributed by atoms with E-state index in [9.17, 15) is 13.2 Å². The summed E-state index contributed by atoms with van der Waals surface area (Å²) in [6, 6.07) is 22.8. The van der Waals surface area contributed by atoms with Crippen LogP contribution in [-0.2, 0) is 20.6 Å². The van der Waals surface area contributed by atoms with Gasteiger partial charge in [0.25, 0.3) is 5.91 Å². The lowest BCUT2D eigenvalue weighted by molar-refractivity contribution is -0.122. The molecule has 0 radical (unpaired) electrons. The summed E-state index contributed by atoms with van der Waals surface area (Å²) in [5, 5.41) is 2.79. The molecule has 0 aromatic heterocycles. The number of hydrogen-bond acceptors (Lipinski definition) is 5. The Kier molecular flexibility index (Phi) is 6.32. The van der Waals surface area contributed by atoms with Crippen LogP contribution in [0.2, 0.25) is 0 Å². The zero-order valence-electron chi connectivity index (χ0n) is 17.6. The highest BCUT2D eigenvalue weighted by molar-refractivity contribution is 7.92. The second kappa shape index (κ2) is 9.32. The van der Waals surface area contributed by atoms with E-state index < -0.39 is 22.0 Å².